The van der Waals surface area contributed by atoms with Gasteiger partial charge in [-0.1, -0.05) is 44.2 Å². The zero-order valence-electron chi connectivity index (χ0n) is 53.4. The van der Waals surface area contributed by atoms with E-state index < -0.39 is 103 Å². The molecule has 8 heterocycles. The smallest absolute Gasteiger partial charge is 0.415 e. The molecule has 2 aliphatic rings. The summed E-state index contributed by atoms with van der Waals surface area (Å²) in [4.78, 5) is 156. The van der Waals surface area contributed by atoms with E-state index in [1.54, 1.807) is 70.9 Å². The van der Waals surface area contributed by atoms with Crippen molar-refractivity contribution in [3.05, 3.63) is 111 Å². The van der Waals surface area contributed by atoms with Gasteiger partial charge in [0.1, 0.15) is 83.3 Å². The molecule has 10 rings (SSSR count). The van der Waals surface area contributed by atoms with Gasteiger partial charge in [-0.15, -0.1) is 68.0 Å². The van der Waals surface area contributed by atoms with E-state index in [1.807, 2.05) is 13.8 Å². The average Bonchev–Trinajstić information content (AvgIpc) is 1.59. The molecule has 5 atom stereocenters. The van der Waals surface area contributed by atoms with E-state index in [-0.39, 0.29) is 90.9 Å². The molecule has 1 aliphatic carbocycles. The number of aromatic nitrogens is 7. The van der Waals surface area contributed by atoms with E-state index in [2.05, 4.69) is 21.3 Å². The molecule has 0 saturated heterocycles. The second-order valence-corrected chi connectivity index (χ2v) is 29.1. The van der Waals surface area contributed by atoms with E-state index in [1.165, 1.54) is 41.7 Å². The number of carbonyl (C=O) groups excluding carboxylic acids is 6. The molecule has 28 nitrogen and oxygen atoms in total. The van der Waals surface area contributed by atoms with Crippen LogP contribution in [0.5, 0.6) is 0 Å². The molecule has 98 heavy (non-hydrogen) atoms. The number of rotatable bonds is 20. The highest BCUT2D eigenvalue weighted by Gasteiger charge is 2.35. The number of carboxylic acid groups (broad SMARTS) is 3. The van der Waals surface area contributed by atoms with Crippen molar-refractivity contribution in [2.75, 3.05) is 45.4 Å². The molecular weight excluding hydrogens is 1390 g/mol. The van der Waals surface area contributed by atoms with Crippen LogP contribution in [-0.2, 0) is 44.8 Å². The first-order chi connectivity index (χ1) is 47.0. The number of methoxy groups -OCH3 is 1. The summed E-state index contributed by atoms with van der Waals surface area (Å²) in [6, 6.07) is 9.89. The summed E-state index contributed by atoms with van der Waals surface area (Å²) in [6.07, 6.45) is -2.50. The molecule has 2 unspecified atom stereocenters. The lowest BCUT2D eigenvalue weighted by Crippen LogP contribution is -2.40. The second-order valence-electron chi connectivity index (χ2n) is 23.3. The maximum absolute atomic E-state index is 14.5. The number of aliphatic carboxylic acids is 3. The second kappa shape index (κ2) is 32.7. The van der Waals surface area contributed by atoms with Crippen molar-refractivity contribution in [1.82, 2.24) is 56.2 Å². The summed E-state index contributed by atoms with van der Waals surface area (Å²) in [6.45, 7) is 4.29. The van der Waals surface area contributed by atoms with Gasteiger partial charge in [0.05, 0.1) is 72.8 Å². The molecule has 10 bridgehead atoms. The third-order valence-electron chi connectivity index (χ3n) is 16.2. The summed E-state index contributed by atoms with van der Waals surface area (Å²) in [5.41, 5.74) is 2.26. The predicted octanol–water partition coefficient (Wildman–Crippen LogP) is 9.37. The monoisotopic (exact) mass is 1450 g/mol. The Morgan fingerprint density at radius 2 is 1.44 bits per heavy atom. The summed E-state index contributed by atoms with van der Waals surface area (Å²) < 4.78 is 17.1. The van der Waals surface area contributed by atoms with Gasteiger partial charge in [0.2, 0.25) is 11.8 Å². The number of nitrogens with zero attached hydrogens (tertiary/aromatic N) is 8. The number of amides is 5. The van der Waals surface area contributed by atoms with Crippen molar-refractivity contribution in [3.63, 3.8) is 0 Å². The number of carboxylic acids is 3. The molecule has 0 radical (unpaired) electrons. The van der Waals surface area contributed by atoms with Crippen LogP contribution in [-0.4, -0.2) is 155 Å². The molecule has 7 aromatic heterocycles. The number of aryl methyl sites for hydroxylation is 1. The van der Waals surface area contributed by atoms with Crippen LogP contribution in [0.3, 0.4) is 0 Å². The van der Waals surface area contributed by atoms with Crippen molar-refractivity contribution in [1.29, 1.82) is 0 Å². The zero-order valence-corrected chi connectivity index (χ0v) is 58.3. The topological polar surface area (TPSA) is 404 Å². The van der Waals surface area contributed by atoms with E-state index in [4.69, 9.17) is 49.1 Å². The summed E-state index contributed by atoms with van der Waals surface area (Å²) in [7, 11) is 2.92. The first kappa shape index (κ1) is 72.0. The molecule has 5 amide bonds. The number of anilines is 1. The largest absolute Gasteiger partial charge is 0.481 e. The minimum absolute atomic E-state index is 0.00108. The van der Waals surface area contributed by atoms with Crippen LogP contribution in [0, 0.1) is 24.7 Å². The van der Waals surface area contributed by atoms with Crippen LogP contribution in [0.15, 0.2) is 64.0 Å². The number of Topliss-reactive ketones (excluding diaryl/α,β-unsaturated/α-hetero) is 1. The molecule has 34 heteroatoms. The van der Waals surface area contributed by atoms with Crippen molar-refractivity contribution < 1.29 is 77.8 Å². The highest BCUT2D eigenvalue weighted by Crippen LogP contribution is 2.41. The number of aliphatic hydroxyl groups excluding tert-OH is 1. The van der Waals surface area contributed by atoms with Gasteiger partial charge in [0.25, 0.3) is 11.8 Å². The molecule has 516 valence electrons. The van der Waals surface area contributed by atoms with Crippen molar-refractivity contribution in [2.24, 2.45) is 17.8 Å². The maximum atomic E-state index is 14.5. The quantitative estimate of drug-likeness (QED) is 0.0329. The summed E-state index contributed by atoms with van der Waals surface area (Å²) >= 11 is 6.96. The molecule has 8 aromatic rings. The van der Waals surface area contributed by atoms with Crippen LogP contribution < -0.4 is 26.2 Å². The Bertz CT molecular complexity index is 4230. The van der Waals surface area contributed by atoms with Gasteiger partial charge in [-0.3, -0.25) is 43.3 Å². The fourth-order valence-electron chi connectivity index (χ4n) is 10.8. The third kappa shape index (κ3) is 17.6. The van der Waals surface area contributed by atoms with Crippen LogP contribution in [0.1, 0.15) is 151 Å². The van der Waals surface area contributed by atoms with Crippen LogP contribution in [0.4, 0.5) is 10.6 Å². The van der Waals surface area contributed by atoms with Crippen LogP contribution in [0.2, 0.25) is 0 Å². The number of nitrogens with one attached hydrogen (secondary N) is 4. The van der Waals surface area contributed by atoms with Crippen molar-refractivity contribution in [3.8, 4) is 43.4 Å². The lowest BCUT2D eigenvalue weighted by Gasteiger charge is -2.28. The van der Waals surface area contributed by atoms with Crippen LogP contribution in [0.25, 0.3) is 43.4 Å². The average molecular weight is 1450 g/mol. The Morgan fingerprint density at radius 3 is 2.15 bits per heavy atom. The highest BCUT2D eigenvalue weighted by molar-refractivity contribution is 7.15. The molecule has 8 N–H and O–H groups in total. The Hall–Kier alpha value is -8.74. The fraction of sp³-hybridized carbons (Fsp3) is 0.406. The number of carbonyl (C=O) groups is 9. The normalized spacial score (nSPS) is 18.4. The minimum Gasteiger partial charge on any atom is -0.481 e. The Balaban J connectivity index is 1.03. The van der Waals surface area contributed by atoms with Gasteiger partial charge in [0.15, 0.2) is 5.78 Å². The molecular formula is C64H68N12O16S6. The maximum Gasteiger partial charge on any atom is 0.415 e. The van der Waals surface area contributed by atoms with Gasteiger partial charge < -0.3 is 55.9 Å². The van der Waals surface area contributed by atoms with Crippen molar-refractivity contribution in [2.45, 2.75) is 109 Å². The molecule has 1 aliphatic heterocycles. The number of pyridine rings is 1. The number of aliphatic hydroxyl groups is 1. The van der Waals surface area contributed by atoms with E-state index in [0.717, 1.165) is 45.3 Å². The van der Waals surface area contributed by atoms with Crippen LogP contribution >= 0.6 is 68.0 Å². The Kier molecular flexibility index (Phi) is 24.1. The molecule has 1 fully saturated rings. The lowest BCUT2D eigenvalue weighted by molar-refractivity contribution is -0.145. The highest BCUT2D eigenvalue weighted by atomic mass is 32.1. The SMILES string of the molecule is CNC(=O)C[C@@H]1NC(=O)c2csc(n2)-c2ccc(-c3nc(N(CCOCC(CCC(=O)O)C(=O)O)C(=O)OC4CCC(C(=O)O)CC4)cs3)nc2-c2csc(n2)-c2csc(n2)[C@H]([C@@H](O)c2ccccc2)NC(=O)CNC(=O)c2nc(sc2COC)C(C(C)C)CC(=O)c2nc1sc2C. The van der Waals surface area contributed by atoms with Gasteiger partial charge in [-0.2, -0.15) is 0 Å². The van der Waals surface area contributed by atoms with E-state index in [0.29, 0.717) is 88.7 Å². The summed E-state index contributed by atoms with van der Waals surface area (Å²) in [5.74, 6) is -8.42. The number of ketones is 1. The van der Waals surface area contributed by atoms with Gasteiger partial charge in [-0.25, -0.2) is 39.7 Å². The third-order valence-corrected chi connectivity index (χ3v) is 22.0. The number of hydrogen-bond donors (Lipinski definition) is 8. The summed E-state index contributed by atoms with van der Waals surface area (Å²) in [5, 5.41) is 60.3. The first-order valence-corrected chi connectivity index (χ1v) is 36.1. The fourth-order valence-corrected chi connectivity index (χ4v) is 16.5. The molecule has 1 aromatic carbocycles. The van der Waals surface area contributed by atoms with Crippen molar-refractivity contribution >= 4 is 127 Å². The first-order valence-electron chi connectivity index (χ1n) is 30.9. The molecule has 1 saturated carbocycles. The van der Waals surface area contributed by atoms with Gasteiger partial charge in [0, 0.05) is 64.9 Å². The molecule has 0 spiro atoms. The minimum atomic E-state index is -1.33. The zero-order chi connectivity index (χ0) is 69.9. The Morgan fingerprint density at radius 1 is 0.735 bits per heavy atom. The number of thiazole rings is 6. The standard InChI is InChI=1S/C64H68N12O16S6/c1-30(2)37-21-43(77)49-31(3)97-60(74-49)39(22-46(78)65-4)68-54(83)41-27-93-56(70-41)36-16-17-38(58-72-45(29-96-58)76(19-20-91-24-34(63(87)88)13-18-48(80)81)64(89)92-35-14-11-33(12-15-35)62(85)86)67-50(36)40-26-94-59(69-40)42-28-95-61(71-42)52(53(82)32-9-7-6-8-10-32)73-47(79)23-66-55(84)51-44(25-90-5)98-57(37)75-51/h6-10,16-17,26-30,33-35,37,39,52-53,82H,11-15,18-25H2,1-5H3,(H,65,78)(H,66,84)(H,68,83)(H,73,79)(H,80,81)(H,85,86)(H,87,88)/t33?,34?,35?,37?,39-,52-,53-/m0/s1. The number of fused-ring (bicyclic) bond motifs is 14. The van der Waals surface area contributed by atoms with E-state index in [9.17, 15) is 63.6 Å². The van der Waals surface area contributed by atoms with E-state index >= 15 is 0 Å². The number of benzene rings is 1. The lowest BCUT2D eigenvalue weighted by atomic mass is 9.87. The van der Waals surface area contributed by atoms with Gasteiger partial charge >= 0.3 is 24.0 Å². The predicted molar refractivity (Wildman–Crippen MR) is 364 cm³/mol. The number of ether oxygens (including phenoxy) is 3. The van der Waals surface area contributed by atoms with Gasteiger partial charge in [-0.05, 0) is 62.6 Å². The Labute approximate surface area is 584 Å². The number of hydrogen-bond acceptors (Lipinski definition) is 26.